The Morgan fingerprint density at radius 1 is 1.25 bits per heavy atom. The first-order valence-corrected chi connectivity index (χ1v) is 8.12. The van der Waals surface area contributed by atoms with E-state index in [4.69, 9.17) is 4.74 Å². The van der Waals surface area contributed by atoms with Crippen LogP contribution in [0.1, 0.15) is 62.5 Å². The lowest BCUT2D eigenvalue weighted by atomic mass is 9.88. The molecule has 112 valence electrons. The third-order valence-corrected chi connectivity index (χ3v) is 4.43. The van der Waals surface area contributed by atoms with Gasteiger partial charge in [-0.2, -0.15) is 0 Å². The number of ether oxygens (including phenoxy) is 1. The molecule has 20 heavy (non-hydrogen) atoms. The third kappa shape index (κ3) is 3.99. The van der Waals surface area contributed by atoms with E-state index in [-0.39, 0.29) is 0 Å². The first-order valence-electron chi connectivity index (χ1n) is 8.12. The van der Waals surface area contributed by atoms with Crippen molar-refractivity contribution in [3.63, 3.8) is 0 Å². The van der Waals surface area contributed by atoms with Gasteiger partial charge in [-0.05, 0) is 56.7 Å². The minimum atomic E-state index is 0.640. The molecule has 0 aliphatic heterocycles. The van der Waals surface area contributed by atoms with E-state index in [1.807, 2.05) is 0 Å². The number of nitrogens with one attached hydrogen (secondary N) is 1. The summed E-state index contributed by atoms with van der Waals surface area (Å²) in [5.41, 5.74) is 2.75. The Kier molecular flexibility index (Phi) is 5.90. The molecule has 0 radical (unpaired) electrons. The molecule has 0 amide bonds. The van der Waals surface area contributed by atoms with Crippen molar-refractivity contribution >= 4 is 0 Å². The molecule has 2 atom stereocenters. The molecule has 2 unspecified atom stereocenters. The van der Waals surface area contributed by atoms with Gasteiger partial charge in [-0.1, -0.05) is 37.5 Å². The molecule has 2 nitrogen and oxygen atoms in total. The van der Waals surface area contributed by atoms with Crippen LogP contribution in [0.5, 0.6) is 5.75 Å². The standard InChI is InChI=1S/C18H29NO/c1-4-11-19-16-8-6-5-7-15(13-16)17-12-14(2)9-10-18(17)20-3/h9-10,12,15-16,19H,4-8,11,13H2,1-3H3. The van der Waals surface area contributed by atoms with Gasteiger partial charge >= 0.3 is 0 Å². The molecule has 2 heteroatoms. The summed E-state index contributed by atoms with van der Waals surface area (Å²) in [6.45, 7) is 5.56. The minimum absolute atomic E-state index is 0.640. The Labute approximate surface area is 123 Å². The van der Waals surface area contributed by atoms with Gasteiger partial charge in [0.25, 0.3) is 0 Å². The van der Waals surface area contributed by atoms with Crippen LogP contribution in [-0.4, -0.2) is 19.7 Å². The minimum Gasteiger partial charge on any atom is -0.496 e. The zero-order valence-electron chi connectivity index (χ0n) is 13.2. The molecule has 1 aliphatic carbocycles. The third-order valence-electron chi connectivity index (χ3n) is 4.43. The lowest BCUT2D eigenvalue weighted by Gasteiger charge is -2.23. The molecule has 2 rings (SSSR count). The van der Waals surface area contributed by atoms with E-state index in [0.717, 1.165) is 12.3 Å². The maximum Gasteiger partial charge on any atom is 0.122 e. The molecule has 1 N–H and O–H groups in total. The number of aryl methyl sites for hydroxylation is 1. The van der Waals surface area contributed by atoms with Crippen LogP contribution in [0.3, 0.4) is 0 Å². The summed E-state index contributed by atoms with van der Waals surface area (Å²) in [7, 11) is 1.79. The van der Waals surface area contributed by atoms with E-state index in [1.165, 1.54) is 49.7 Å². The molecule has 1 aliphatic rings. The van der Waals surface area contributed by atoms with Crippen molar-refractivity contribution in [2.45, 2.75) is 64.3 Å². The average molecular weight is 275 g/mol. The van der Waals surface area contributed by atoms with Crippen LogP contribution in [0, 0.1) is 6.92 Å². The van der Waals surface area contributed by atoms with Gasteiger partial charge in [0.15, 0.2) is 0 Å². The Balaban J connectivity index is 2.15. The van der Waals surface area contributed by atoms with E-state index in [1.54, 1.807) is 7.11 Å². The van der Waals surface area contributed by atoms with Crippen LogP contribution >= 0.6 is 0 Å². The fraction of sp³-hybridized carbons (Fsp3) is 0.667. The fourth-order valence-corrected chi connectivity index (χ4v) is 3.35. The van der Waals surface area contributed by atoms with Crippen molar-refractivity contribution in [2.24, 2.45) is 0 Å². The fourth-order valence-electron chi connectivity index (χ4n) is 3.35. The van der Waals surface area contributed by atoms with Crippen molar-refractivity contribution in [1.29, 1.82) is 0 Å². The van der Waals surface area contributed by atoms with Crippen LogP contribution in [0.4, 0.5) is 0 Å². The van der Waals surface area contributed by atoms with Crippen LogP contribution in [0.2, 0.25) is 0 Å². The zero-order chi connectivity index (χ0) is 14.4. The second-order valence-corrected chi connectivity index (χ2v) is 6.11. The summed E-state index contributed by atoms with van der Waals surface area (Å²) >= 11 is 0. The first-order chi connectivity index (χ1) is 9.74. The number of hydrogen-bond acceptors (Lipinski definition) is 2. The largest absolute Gasteiger partial charge is 0.496 e. The van der Waals surface area contributed by atoms with Crippen LogP contribution in [0.15, 0.2) is 18.2 Å². The highest BCUT2D eigenvalue weighted by Crippen LogP contribution is 2.37. The number of benzene rings is 1. The molecule has 1 aromatic carbocycles. The molecule has 0 aromatic heterocycles. The van der Waals surface area contributed by atoms with Gasteiger partial charge in [-0.3, -0.25) is 0 Å². The number of rotatable bonds is 5. The van der Waals surface area contributed by atoms with Gasteiger partial charge in [0.2, 0.25) is 0 Å². The average Bonchev–Trinajstić information content (AvgIpc) is 2.70. The Morgan fingerprint density at radius 3 is 2.80 bits per heavy atom. The van der Waals surface area contributed by atoms with Crippen LogP contribution < -0.4 is 10.1 Å². The lowest BCUT2D eigenvalue weighted by molar-refractivity contribution is 0.393. The van der Waals surface area contributed by atoms with Crippen LogP contribution in [-0.2, 0) is 0 Å². The summed E-state index contributed by atoms with van der Waals surface area (Å²) in [5, 5.41) is 3.72. The monoisotopic (exact) mass is 275 g/mol. The highest BCUT2D eigenvalue weighted by atomic mass is 16.5. The summed E-state index contributed by atoms with van der Waals surface area (Å²) in [6.07, 6.45) is 7.78. The van der Waals surface area contributed by atoms with E-state index in [9.17, 15) is 0 Å². The van der Waals surface area contributed by atoms with Crippen molar-refractivity contribution in [3.05, 3.63) is 29.3 Å². The maximum absolute atomic E-state index is 5.59. The predicted octanol–water partition coefficient (Wildman–Crippen LogP) is 4.42. The molecule has 0 saturated heterocycles. The predicted molar refractivity (Wildman–Crippen MR) is 85.6 cm³/mol. The van der Waals surface area contributed by atoms with E-state index < -0.39 is 0 Å². The Morgan fingerprint density at radius 2 is 2.05 bits per heavy atom. The molecule has 0 bridgehead atoms. The van der Waals surface area contributed by atoms with Gasteiger partial charge in [0, 0.05) is 6.04 Å². The van der Waals surface area contributed by atoms with Gasteiger partial charge in [0.05, 0.1) is 7.11 Å². The Hall–Kier alpha value is -1.02. The quantitative estimate of drug-likeness (QED) is 0.803. The number of methoxy groups -OCH3 is 1. The van der Waals surface area contributed by atoms with Crippen molar-refractivity contribution in [2.75, 3.05) is 13.7 Å². The maximum atomic E-state index is 5.59. The molecular weight excluding hydrogens is 246 g/mol. The number of hydrogen-bond donors (Lipinski definition) is 1. The highest BCUT2D eigenvalue weighted by molar-refractivity contribution is 5.39. The van der Waals surface area contributed by atoms with Crippen molar-refractivity contribution in [1.82, 2.24) is 5.32 Å². The van der Waals surface area contributed by atoms with Gasteiger partial charge < -0.3 is 10.1 Å². The highest BCUT2D eigenvalue weighted by Gasteiger charge is 2.23. The molecule has 1 saturated carbocycles. The Bertz CT molecular complexity index is 416. The second-order valence-electron chi connectivity index (χ2n) is 6.11. The van der Waals surface area contributed by atoms with E-state index in [0.29, 0.717) is 12.0 Å². The smallest absolute Gasteiger partial charge is 0.122 e. The van der Waals surface area contributed by atoms with E-state index >= 15 is 0 Å². The first kappa shape index (κ1) is 15.4. The van der Waals surface area contributed by atoms with Gasteiger partial charge in [-0.25, -0.2) is 0 Å². The topological polar surface area (TPSA) is 21.3 Å². The molecule has 0 spiro atoms. The van der Waals surface area contributed by atoms with Crippen molar-refractivity contribution < 1.29 is 4.74 Å². The molecule has 1 fully saturated rings. The summed E-state index contributed by atoms with van der Waals surface area (Å²) in [4.78, 5) is 0. The SMILES string of the molecule is CCCNC1CCCCC(c2cc(C)ccc2OC)C1. The van der Waals surface area contributed by atoms with Gasteiger partial charge in [-0.15, -0.1) is 0 Å². The normalized spacial score (nSPS) is 23.4. The molecular formula is C18H29NO. The van der Waals surface area contributed by atoms with Crippen molar-refractivity contribution in [3.8, 4) is 5.75 Å². The lowest BCUT2D eigenvalue weighted by Crippen LogP contribution is -2.30. The summed E-state index contributed by atoms with van der Waals surface area (Å²) < 4.78 is 5.59. The zero-order valence-corrected chi connectivity index (χ0v) is 13.2. The van der Waals surface area contributed by atoms with Crippen LogP contribution in [0.25, 0.3) is 0 Å². The summed E-state index contributed by atoms with van der Waals surface area (Å²) in [6, 6.07) is 7.27. The molecule has 0 heterocycles. The van der Waals surface area contributed by atoms with E-state index in [2.05, 4.69) is 37.4 Å². The second kappa shape index (κ2) is 7.68. The molecule has 1 aromatic rings. The van der Waals surface area contributed by atoms with Gasteiger partial charge in [0.1, 0.15) is 5.75 Å². The summed E-state index contributed by atoms with van der Waals surface area (Å²) in [5.74, 6) is 1.71.